The van der Waals surface area contributed by atoms with Crippen molar-refractivity contribution in [2.45, 2.75) is 26.0 Å². The van der Waals surface area contributed by atoms with Crippen molar-refractivity contribution in [3.05, 3.63) is 77.0 Å². The average Bonchev–Trinajstić information content (AvgIpc) is 3.43. The Morgan fingerprint density at radius 2 is 1.92 bits per heavy atom. The van der Waals surface area contributed by atoms with Gasteiger partial charge in [-0.2, -0.15) is 5.26 Å². The number of anilines is 1. The first-order chi connectivity index (χ1) is 19.0. The van der Waals surface area contributed by atoms with Gasteiger partial charge >= 0.3 is 0 Å². The first-order valence-electron chi connectivity index (χ1n) is 13.4. The number of rotatable bonds is 7. The third-order valence-electron chi connectivity index (χ3n) is 7.51. The molecule has 204 valence electrons. The number of allylic oxidation sites excluding steroid dienone is 3. The molecule has 2 aromatic rings. The first-order valence-corrected chi connectivity index (χ1v) is 13.4. The molecule has 2 fully saturated rings. The van der Waals surface area contributed by atoms with Gasteiger partial charge in [-0.3, -0.25) is 9.91 Å². The van der Waals surface area contributed by atoms with Crippen molar-refractivity contribution in [1.82, 2.24) is 30.2 Å². The second-order valence-electron chi connectivity index (χ2n) is 10.1. The normalized spacial score (nSPS) is 21.4. The molecule has 10 nitrogen and oxygen atoms in total. The van der Waals surface area contributed by atoms with Crippen LogP contribution >= 0.6 is 0 Å². The molecule has 10 heteroatoms. The lowest BCUT2D eigenvalue weighted by molar-refractivity contribution is 0.184. The molecule has 3 aliphatic heterocycles. The molecule has 5 rings (SSSR count). The molecule has 1 atom stereocenters. The van der Waals surface area contributed by atoms with E-state index in [0.717, 1.165) is 74.0 Å². The zero-order valence-electron chi connectivity index (χ0n) is 22.8. The zero-order chi connectivity index (χ0) is 27.4. The van der Waals surface area contributed by atoms with E-state index in [4.69, 9.17) is 9.72 Å². The van der Waals surface area contributed by atoms with Crippen LogP contribution < -0.4 is 15.1 Å². The molecule has 2 aromatic heterocycles. The maximum absolute atomic E-state index is 10.1. The third-order valence-corrected chi connectivity index (χ3v) is 7.51. The van der Waals surface area contributed by atoms with E-state index in [1.54, 1.807) is 7.11 Å². The Labute approximate surface area is 230 Å². The number of nitriles is 1. The molecule has 0 spiro atoms. The maximum Gasteiger partial charge on any atom is 0.212 e. The molecular formula is C29H36N8O2. The predicted octanol–water partition coefficient (Wildman–Crippen LogP) is 2.35. The molecule has 39 heavy (non-hydrogen) atoms. The van der Waals surface area contributed by atoms with E-state index in [2.05, 4.69) is 55.5 Å². The minimum Gasteiger partial charge on any atom is -0.481 e. The summed E-state index contributed by atoms with van der Waals surface area (Å²) >= 11 is 0. The van der Waals surface area contributed by atoms with Crippen LogP contribution in [0.3, 0.4) is 0 Å². The molecule has 0 bridgehead atoms. The number of piperazine rings is 1. The van der Waals surface area contributed by atoms with Crippen LogP contribution in [0.4, 0.5) is 5.82 Å². The predicted molar refractivity (Wildman–Crippen MR) is 150 cm³/mol. The average molecular weight is 529 g/mol. The van der Waals surface area contributed by atoms with E-state index in [1.165, 1.54) is 5.56 Å². The molecule has 2 N–H and O–H groups in total. The Hall–Kier alpha value is -3.91. The summed E-state index contributed by atoms with van der Waals surface area (Å²) in [6.45, 7) is 7.78. The van der Waals surface area contributed by atoms with Gasteiger partial charge in [-0.15, -0.1) is 0 Å². The van der Waals surface area contributed by atoms with Gasteiger partial charge in [0, 0.05) is 88.7 Å². The van der Waals surface area contributed by atoms with Crippen LogP contribution in [0.25, 0.3) is 5.57 Å². The molecule has 0 unspecified atom stereocenters. The van der Waals surface area contributed by atoms with Crippen molar-refractivity contribution >= 4 is 11.4 Å². The highest BCUT2D eigenvalue weighted by Gasteiger charge is 2.28. The summed E-state index contributed by atoms with van der Waals surface area (Å²) in [5.74, 6) is 1.58. The molecule has 0 saturated carbocycles. The molecular weight excluding hydrogens is 492 g/mol. The number of nitrogens with one attached hydrogen (secondary N) is 1. The van der Waals surface area contributed by atoms with Crippen LogP contribution in [-0.4, -0.2) is 89.4 Å². The molecule has 2 saturated heterocycles. The molecule has 0 aromatic carbocycles. The maximum atomic E-state index is 10.1. The number of ether oxygens (including phenoxy) is 1. The van der Waals surface area contributed by atoms with E-state index >= 15 is 0 Å². The summed E-state index contributed by atoms with van der Waals surface area (Å²) in [7, 11) is 3.47. The van der Waals surface area contributed by atoms with Crippen molar-refractivity contribution in [3.8, 4) is 11.9 Å². The van der Waals surface area contributed by atoms with Crippen LogP contribution in [0, 0.1) is 11.3 Å². The number of pyridine rings is 2. The summed E-state index contributed by atoms with van der Waals surface area (Å²) in [5.41, 5.74) is 8.66. The van der Waals surface area contributed by atoms with E-state index in [9.17, 15) is 10.4 Å². The number of hydrazine groups is 1. The summed E-state index contributed by atoms with van der Waals surface area (Å²) in [4.78, 5) is 16.1. The first kappa shape index (κ1) is 26.7. The van der Waals surface area contributed by atoms with E-state index in [1.807, 2.05) is 43.6 Å². The van der Waals surface area contributed by atoms with E-state index in [0.29, 0.717) is 18.0 Å². The molecule has 5 heterocycles. The lowest BCUT2D eigenvalue weighted by atomic mass is 9.97. The van der Waals surface area contributed by atoms with Crippen molar-refractivity contribution in [2.75, 3.05) is 58.3 Å². The lowest BCUT2D eigenvalue weighted by Crippen LogP contribution is -2.46. The standard InChI is InChI=1S/C29H36N8O2/c1-21(15-30)29-26(14-24(19-37(29)31-2)36-9-8-25(38)20-36)23-5-6-27(32-17-23)35-12-10-34(11-13-35)18-22-4-7-28(39-3)33-16-22/h4-7,14,16-17,19,25,31,38H,8-13,18,20H2,1-3H3/b29-21+/t25-/m0/s1. The Kier molecular flexibility index (Phi) is 8.12. The third kappa shape index (κ3) is 5.91. The van der Waals surface area contributed by atoms with Crippen molar-refractivity contribution in [1.29, 1.82) is 5.26 Å². The van der Waals surface area contributed by atoms with Gasteiger partial charge in [-0.05, 0) is 37.1 Å². The number of aromatic nitrogens is 2. The topological polar surface area (TPSA) is 104 Å². The van der Waals surface area contributed by atoms with Crippen LogP contribution in [0.5, 0.6) is 5.88 Å². The fraction of sp³-hybridized carbons (Fsp3) is 0.414. The lowest BCUT2D eigenvalue weighted by Gasteiger charge is -2.35. The van der Waals surface area contributed by atoms with Crippen molar-refractivity contribution in [3.63, 3.8) is 0 Å². The summed E-state index contributed by atoms with van der Waals surface area (Å²) in [6, 6.07) is 10.4. The minimum atomic E-state index is -0.321. The summed E-state index contributed by atoms with van der Waals surface area (Å²) < 4.78 is 5.16. The fourth-order valence-corrected chi connectivity index (χ4v) is 5.31. The Morgan fingerprint density at radius 1 is 1.10 bits per heavy atom. The van der Waals surface area contributed by atoms with Gasteiger partial charge in [0.25, 0.3) is 0 Å². The highest BCUT2D eigenvalue weighted by Crippen LogP contribution is 2.35. The number of β-amino-alcohol motifs (C(OH)–C–C–N with tert-alkyl or cyclic N) is 1. The van der Waals surface area contributed by atoms with Gasteiger partial charge in [0.15, 0.2) is 0 Å². The summed E-state index contributed by atoms with van der Waals surface area (Å²) in [6.07, 6.45) is 8.30. The summed E-state index contributed by atoms with van der Waals surface area (Å²) in [5, 5.41) is 21.7. The van der Waals surface area contributed by atoms with Gasteiger partial charge < -0.3 is 19.6 Å². The largest absolute Gasteiger partial charge is 0.481 e. The van der Waals surface area contributed by atoms with Crippen LogP contribution in [-0.2, 0) is 6.54 Å². The number of nitrogens with zero attached hydrogens (tertiary/aromatic N) is 7. The second kappa shape index (κ2) is 11.9. The van der Waals surface area contributed by atoms with Crippen molar-refractivity contribution in [2.24, 2.45) is 0 Å². The Bertz CT molecular complexity index is 1290. The van der Waals surface area contributed by atoms with Crippen LogP contribution in [0.15, 0.2) is 65.9 Å². The quantitative estimate of drug-likeness (QED) is 0.521. The fourth-order valence-electron chi connectivity index (χ4n) is 5.31. The number of methoxy groups -OCH3 is 1. The Balaban J connectivity index is 1.30. The van der Waals surface area contributed by atoms with E-state index < -0.39 is 0 Å². The van der Waals surface area contributed by atoms with Gasteiger partial charge in [0.1, 0.15) is 5.82 Å². The minimum absolute atomic E-state index is 0.321. The Morgan fingerprint density at radius 3 is 2.51 bits per heavy atom. The zero-order valence-corrected chi connectivity index (χ0v) is 22.8. The number of aliphatic hydroxyl groups excluding tert-OH is 1. The SMILES string of the molecule is CNN1C=C(N2CC[C@H](O)C2)C=C(c2ccc(N3CCN(Cc4ccc(OC)nc4)CC3)nc2)/C1=C(/C)C#N. The monoisotopic (exact) mass is 528 g/mol. The number of aliphatic hydroxyl groups is 1. The van der Waals surface area contributed by atoms with Gasteiger partial charge in [0.2, 0.25) is 5.88 Å². The highest BCUT2D eigenvalue weighted by atomic mass is 16.5. The molecule has 0 amide bonds. The number of hydrogen-bond donors (Lipinski definition) is 2. The smallest absolute Gasteiger partial charge is 0.212 e. The van der Waals surface area contributed by atoms with Gasteiger partial charge in [-0.25, -0.2) is 15.4 Å². The molecule has 0 aliphatic carbocycles. The van der Waals surface area contributed by atoms with Crippen molar-refractivity contribution < 1.29 is 9.84 Å². The highest BCUT2D eigenvalue weighted by molar-refractivity contribution is 5.83. The van der Waals surface area contributed by atoms with Gasteiger partial charge in [0.05, 0.1) is 36.3 Å². The van der Waals surface area contributed by atoms with Crippen LogP contribution in [0.1, 0.15) is 24.5 Å². The van der Waals surface area contributed by atoms with Crippen LogP contribution in [0.2, 0.25) is 0 Å². The van der Waals surface area contributed by atoms with Gasteiger partial charge in [-0.1, -0.05) is 6.07 Å². The number of likely N-dealkylation sites (tertiary alicyclic amines) is 1. The molecule has 3 aliphatic rings. The van der Waals surface area contributed by atoms with E-state index in [-0.39, 0.29) is 6.10 Å². The molecule has 0 radical (unpaired) electrons. The number of hydrogen-bond acceptors (Lipinski definition) is 10. The second-order valence-corrected chi connectivity index (χ2v) is 10.1.